The molecule has 1 unspecified atom stereocenters. The van der Waals surface area contributed by atoms with E-state index < -0.39 is 48.5 Å². The van der Waals surface area contributed by atoms with E-state index in [1.165, 1.54) is 18.2 Å². The molecule has 1 amide bonds. The lowest BCUT2D eigenvalue weighted by Gasteiger charge is -2.32. The number of halogens is 6. The van der Waals surface area contributed by atoms with Gasteiger partial charge in [0.2, 0.25) is 5.91 Å². The number of alkyl halides is 6. The van der Waals surface area contributed by atoms with Crippen molar-refractivity contribution >= 4 is 11.6 Å². The average Bonchev–Trinajstić information content (AvgIpc) is 3.00. The highest BCUT2D eigenvalue weighted by Gasteiger charge is 2.63. The molecule has 1 aliphatic heterocycles. The lowest BCUT2D eigenvalue weighted by molar-refractivity contribution is -0.302. The van der Waals surface area contributed by atoms with Crippen LogP contribution in [0.15, 0.2) is 59.7 Å². The van der Waals surface area contributed by atoms with Crippen molar-refractivity contribution in [3.8, 4) is 5.75 Å². The van der Waals surface area contributed by atoms with Gasteiger partial charge in [-0.2, -0.15) is 23.3 Å². The maximum Gasteiger partial charge on any atom is 0.573 e. The minimum Gasteiger partial charge on any atom is -0.406 e. The molecule has 0 saturated carbocycles. The molecule has 0 saturated heterocycles. The number of carbonyl (C=O) groups excluding carboxylic acids is 1. The average molecular weight is 432 g/mol. The summed E-state index contributed by atoms with van der Waals surface area (Å²) in [6.45, 7) is 0. The number of aliphatic hydroxyl groups is 1. The second kappa shape index (κ2) is 7.63. The Morgan fingerprint density at radius 3 is 2.33 bits per heavy atom. The highest BCUT2D eigenvalue weighted by Crippen LogP contribution is 2.42. The van der Waals surface area contributed by atoms with Crippen molar-refractivity contribution in [2.75, 3.05) is 0 Å². The highest BCUT2D eigenvalue weighted by molar-refractivity contribution is 6.04. The highest BCUT2D eigenvalue weighted by atomic mass is 19.4. The number of amides is 1. The summed E-state index contributed by atoms with van der Waals surface area (Å²) in [6, 6.07) is 12.0. The first-order valence-electron chi connectivity index (χ1n) is 8.49. The van der Waals surface area contributed by atoms with E-state index >= 15 is 0 Å². The van der Waals surface area contributed by atoms with E-state index in [9.17, 15) is 36.2 Å². The zero-order valence-corrected chi connectivity index (χ0v) is 15.0. The maximum atomic E-state index is 13.6. The first-order chi connectivity index (χ1) is 13.9. The van der Waals surface area contributed by atoms with Crippen molar-refractivity contribution in [2.45, 2.75) is 31.1 Å². The Labute approximate surface area is 166 Å². The first-order valence-corrected chi connectivity index (χ1v) is 8.49. The molecule has 1 N–H and O–H groups in total. The van der Waals surface area contributed by atoms with Gasteiger partial charge in [-0.1, -0.05) is 42.5 Å². The Hall–Kier alpha value is -3.08. The zero-order valence-electron chi connectivity index (χ0n) is 15.0. The summed E-state index contributed by atoms with van der Waals surface area (Å²) in [5.74, 6) is -1.80. The fourth-order valence-corrected chi connectivity index (χ4v) is 2.91. The number of hydrazone groups is 1. The largest absolute Gasteiger partial charge is 0.573 e. The molecule has 0 bridgehead atoms. The molecule has 1 aliphatic rings. The number of carbonyl (C=O) groups is 1. The minimum atomic E-state index is -5.26. The fourth-order valence-electron chi connectivity index (χ4n) is 2.91. The van der Waals surface area contributed by atoms with E-state index in [-0.39, 0.29) is 10.6 Å². The zero-order chi connectivity index (χ0) is 22.2. The molecule has 1 atom stereocenters. The van der Waals surface area contributed by atoms with E-state index in [1.54, 1.807) is 18.2 Å². The number of benzene rings is 2. The van der Waals surface area contributed by atoms with Gasteiger partial charge in [0.15, 0.2) is 0 Å². The van der Waals surface area contributed by atoms with Crippen molar-refractivity contribution in [1.29, 1.82) is 0 Å². The van der Waals surface area contributed by atoms with Crippen molar-refractivity contribution in [3.63, 3.8) is 0 Å². The third kappa shape index (κ3) is 4.56. The molecule has 5 nitrogen and oxygen atoms in total. The van der Waals surface area contributed by atoms with Gasteiger partial charge >= 0.3 is 12.5 Å². The van der Waals surface area contributed by atoms with Crippen molar-refractivity contribution in [1.82, 2.24) is 5.01 Å². The molecule has 0 spiro atoms. The van der Waals surface area contributed by atoms with Crippen LogP contribution in [0.1, 0.15) is 17.5 Å². The number of hydrogen-bond acceptors (Lipinski definition) is 4. The summed E-state index contributed by atoms with van der Waals surface area (Å²) >= 11 is 0. The smallest absolute Gasteiger partial charge is 0.406 e. The summed E-state index contributed by atoms with van der Waals surface area (Å²) in [5.41, 5.74) is -3.80. The molecule has 3 rings (SSSR count). The SMILES string of the molecule is O=C(Cc1ccccc1)N1N=C(c2cccc(OC(F)(F)F)c2)CC1(O)C(F)(F)F. The van der Waals surface area contributed by atoms with E-state index in [2.05, 4.69) is 9.84 Å². The topological polar surface area (TPSA) is 62.1 Å². The number of rotatable bonds is 4. The molecule has 1 heterocycles. The van der Waals surface area contributed by atoms with Crippen LogP contribution in [-0.2, 0) is 11.2 Å². The van der Waals surface area contributed by atoms with Crippen molar-refractivity contribution in [3.05, 3.63) is 65.7 Å². The van der Waals surface area contributed by atoms with Gasteiger partial charge in [0.1, 0.15) is 5.75 Å². The molecule has 0 aromatic heterocycles. The van der Waals surface area contributed by atoms with Gasteiger partial charge in [0.05, 0.1) is 18.6 Å². The van der Waals surface area contributed by atoms with Crippen molar-refractivity contribution < 1.29 is 41.0 Å². The fraction of sp³-hybridized carbons (Fsp3) is 0.263. The van der Waals surface area contributed by atoms with E-state index in [0.29, 0.717) is 5.56 Å². The molecular formula is C19H14F6N2O3. The van der Waals surface area contributed by atoms with Crippen LogP contribution in [0.25, 0.3) is 0 Å². The second-order valence-electron chi connectivity index (χ2n) is 6.48. The van der Waals surface area contributed by atoms with Gasteiger partial charge in [-0.05, 0) is 17.7 Å². The van der Waals surface area contributed by atoms with Gasteiger partial charge in [0, 0.05) is 5.56 Å². The van der Waals surface area contributed by atoms with Crippen LogP contribution in [0, 0.1) is 0 Å². The van der Waals surface area contributed by atoms with Crippen LogP contribution in [0.2, 0.25) is 0 Å². The van der Waals surface area contributed by atoms with Gasteiger partial charge in [-0.15, -0.1) is 13.2 Å². The standard InChI is InChI=1S/C19H14F6N2O3/c20-18(21,22)17(29)11-15(13-7-4-8-14(10-13)30-19(23,24)25)26-27(17)16(28)9-12-5-2-1-3-6-12/h1-8,10,29H,9,11H2. The summed E-state index contributed by atoms with van der Waals surface area (Å²) in [5, 5.41) is 13.8. The van der Waals surface area contributed by atoms with Crippen LogP contribution in [0.4, 0.5) is 26.3 Å². The Kier molecular flexibility index (Phi) is 5.50. The lowest BCUT2D eigenvalue weighted by Crippen LogP contribution is -2.57. The van der Waals surface area contributed by atoms with E-state index in [0.717, 1.165) is 18.2 Å². The summed E-state index contributed by atoms with van der Waals surface area (Å²) in [7, 11) is 0. The maximum absolute atomic E-state index is 13.6. The van der Waals surface area contributed by atoms with Crippen LogP contribution >= 0.6 is 0 Å². The summed E-state index contributed by atoms with van der Waals surface area (Å²) in [4.78, 5) is 12.5. The molecule has 160 valence electrons. The number of hydrogen-bond donors (Lipinski definition) is 1. The summed E-state index contributed by atoms with van der Waals surface area (Å²) in [6.07, 6.45) is -11.9. The number of nitrogens with zero attached hydrogens (tertiary/aromatic N) is 2. The second-order valence-corrected chi connectivity index (χ2v) is 6.48. The first kappa shape index (κ1) is 21.6. The summed E-state index contributed by atoms with van der Waals surface area (Å²) < 4.78 is 81.8. The van der Waals surface area contributed by atoms with E-state index in [4.69, 9.17) is 0 Å². The van der Waals surface area contributed by atoms with Crippen molar-refractivity contribution in [2.24, 2.45) is 5.10 Å². The molecule has 0 aliphatic carbocycles. The van der Waals surface area contributed by atoms with Gasteiger partial charge < -0.3 is 9.84 Å². The Bertz CT molecular complexity index is 959. The van der Waals surface area contributed by atoms with E-state index in [1.807, 2.05) is 0 Å². The minimum absolute atomic E-state index is 0.0629. The van der Waals surface area contributed by atoms with Gasteiger partial charge in [-0.3, -0.25) is 4.79 Å². The molecule has 2 aromatic rings. The lowest BCUT2D eigenvalue weighted by atomic mass is 10.0. The molecule has 0 radical (unpaired) electrons. The molecule has 30 heavy (non-hydrogen) atoms. The predicted molar refractivity (Wildman–Crippen MR) is 92.3 cm³/mol. The normalized spacial score (nSPS) is 19.6. The predicted octanol–water partition coefficient (Wildman–Crippen LogP) is 4.02. The Morgan fingerprint density at radius 2 is 1.73 bits per heavy atom. The molecule has 2 aromatic carbocycles. The third-order valence-corrected chi connectivity index (χ3v) is 4.27. The molecular weight excluding hydrogens is 418 g/mol. The monoisotopic (exact) mass is 432 g/mol. The third-order valence-electron chi connectivity index (χ3n) is 4.27. The van der Waals surface area contributed by atoms with Crippen LogP contribution in [0.5, 0.6) is 5.75 Å². The van der Waals surface area contributed by atoms with Crippen LogP contribution < -0.4 is 4.74 Å². The Balaban J connectivity index is 1.94. The molecule has 0 fully saturated rings. The van der Waals surface area contributed by atoms with Gasteiger partial charge in [0.25, 0.3) is 5.72 Å². The van der Waals surface area contributed by atoms with Crippen LogP contribution in [0.3, 0.4) is 0 Å². The van der Waals surface area contributed by atoms with Gasteiger partial charge in [-0.25, -0.2) is 0 Å². The van der Waals surface area contributed by atoms with Crippen LogP contribution in [-0.4, -0.2) is 40.0 Å². The number of ether oxygens (including phenoxy) is 1. The Morgan fingerprint density at radius 1 is 1.07 bits per heavy atom. The molecule has 11 heteroatoms. The quantitative estimate of drug-likeness (QED) is 0.743.